The van der Waals surface area contributed by atoms with Crippen LogP contribution in [0.2, 0.25) is 5.02 Å². The highest BCUT2D eigenvalue weighted by Gasteiger charge is 2.16. The summed E-state index contributed by atoms with van der Waals surface area (Å²) in [4.78, 5) is 21.0. The molecule has 0 aliphatic heterocycles. The summed E-state index contributed by atoms with van der Waals surface area (Å²) in [5.41, 5.74) is 0.270. The first-order valence-corrected chi connectivity index (χ1v) is 9.40. The van der Waals surface area contributed by atoms with Crippen LogP contribution >= 0.6 is 11.6 Å². The number of carbonyl (C=O) groups is 1. The smallest absolute Gasteiger partial charge is 0.260 e. The van der Waals surface area contributed by atoms with E-state index in [0.717, 1.165) is 0 Å². The Hall–Kier alpha value is -3.71. The fourth-order valence-electron chi connectivity index (χ4n) is 2.83. The number of halogens is 2. The lowest BCUT2D eigenvalue weighted by atomic mass is 10.2. The summed E-state index contributed by atoms with van der Waals surface area (Å²) in [5.74, 6) is 0.858. The van der Waals surface area contributed by atoms with Gasteiger partial charge in [0.15, 0.2) is 0 Å². The molecule has 6 nitrogen and oxygen atoms in total. The van der Waals surface area contributed by atoms with Gasteiger partial charge in [0, 0.05) is 24.1 Å². The van der Waals surface area contributed by atoms with Crippen LogP contribution in [0.1, 0.15) is 16.2 Å². The Balaban J connectivity index is 1.49. The van der Waals surface area contributed by atoms with E-state index in [1.807, 2.05) is 29.1 Å². The highest BCUT2D eigenvalue weighted by Crippen LogP contribution is 2.25. The van der Waals surface area contributed by atoms with E-state index in [-0.39, 0.29) is 10.6 Å². The van der Waals surface area contributed by atoms with E-state index < -0.39 is 11.7 Å². The van der Waals surface area contributed by atoms with Crippen LogP contribution in [-0.2, 0) is 0 Å². The highest BCUT2D eigenvalue weighted by molar-refractivity contribution is 6.34. The van der Waals surface area contributed by atoms with Gasteiger partial charge in [0.1, 0.15) is 23.2 Å². The largest absolute Gasteiger partial charge is 0.439 e. The number of nitrogens with zero attached hydrogens (tertiary/aromatic N) is 3. The van der Waals surface area contributed by atoms with Crippen LogP contribution in [0.25, 0.3) is 5.82 Å². The van der Waals surface area contributed by atoms with Crippen LogP contribution in [0.5, 0.6) is 11.6 Å². The average molecular weight is 423 g/mol. The third kappa shape index (κ3) is 4.31. The number of amides is 1. The molecule has 0 saturated carbocycles. The summed E-state index contributed by atoms with van der Waals surface area (Å²) in [6.07, 6.45) is 3.76. The number of hydrogen-bond donors (Lipinski definition) is 1. The second-order valence-electron chi connectivity index (χ2n) is 6.38. The first kappa shape index (κ1) is 19.6. The number of aromatic nitrogens is 3. The molecule has 4 rings (SSSR count). The third-order valence-corrected chi connectivity index (χ3v) is 4.51. The molecule has 2 aromatic heterocycles. The van der Waals surface area contributed by atoms with Gasteiger partial charge in [-0.3, -0.25) is 4.79 Å². The maximum atomic E-state index is 13.9. The van der Waals surface area contributed by atoms with E-state index in [1.54, 1.807) is 37.3 Å². The minimum absolute atomic E-state index is 0.0464. The summed E-state index contributed by atoms with van der Waals surface area (Å²) >= 11 is 5.93. The lowest BCUT2D eigenvalue weighted by Gasteiger charge is -2.10. The third-order valence-electron chi connectivity index (χ3n) is 4.19. The monoisotopic (exact) mass is 422 g/mol. The first-order chi connectivity index (χ1) is 14.5. The molecule has 0 radical (unpaired) electrons. The highest BCUT2D eigenvalue weighted by atomic mass is 35.5. The van der Waals surface area contributed by atoms with Crippen LogP contribution in [-0.4, -0.2) is 20.4 Å². The Labute approximate surface area is 176 Å². The summed E-state index contributed by atoms with van der Waals surface area (Å²) < 4.78 is 21.6. The Bertz CT molecular complexity index is 1170. The van der Waals surface area contributed by atoms with Crippen molar-refractivity contribution in [3.8, 4) is 17.4 Å². The van der Waals surface area contributed by atoms with Gasteiger partial charge in [0.2, 0.25) is 5.88 Å². The summed E-state index contributed by atoms with van der Waals surface area (Å²) in [6.45, 7) is 1.78. The van der Waals surface area contributed by atoms with Gasteiger partial charge in [0.05, 0.1) is 10.6 Å². The normalized spacial score (nSPS) is 10.6. The molecule has 2 aromatic carbocycles. The Morgan fingerprint density at radius 1 is 1.07 bits per heavy atom. The standard InChI is InChI=1S/C22H16ClFN4O2/c1-14-25-19(28-11-2-3-12-28)13-20(26-14)30-16-9-7-15(8-10-16)27-22(29)21-17(23)5-4-6-18(21)24/h2-13H,1H3,(H,27,29). The van der Waals surface area contributed by atoms with Crippen LogP contribution < -0.4 is 10.1 Å². The zero-order valence-corrected chi connectivity index (χ0v) is 16.6. The fourth-order valence-corrected chi connectivity index (χ4v) is 3.08. The zero-order chi connectivity index (χ0) is 21.1. The van der Waals surface area contributed by atoms with Gasteiger partial charge in [-0.2, -0.15) is 4.98 Å². The van der Waals surface area contributed by atoms with E-state index in [9.17, 15) is 9.18 Å². The molecule has 150 valence electrons. The van der Waals surface area contributed by atoms with Crippen molar-refractivity contribution in [3.63, 3.8) is 0 Å². The molecule has 0 aliphatic carbocycles. The second-order valence-corrected chi connectivity index (χ2v) is 6.79. The number of nitrogens with one attached hydrogen (secondary N) is 1. The maximum Gasteiger partial charge on any atom is 0.260 e. The van der Waals surface area contributed by atoms with Gasteiger partial charge >= 0.3 is 0 Å². The van der Waals surface area contributed by atoms with Crippen molar-refractivity contribution in [3.05, 3.63) is 95.3 Å². The van der Waals surface area contributed by atoms with Crippen molar-refractivity contribution in [2.24, 2.45) is 0 Å². The van der Waals surface area contributed by atoms with Crippen LogP contribution in [0.3, 0.4) is 0 Å². The predicted molar refractivity (Wildman–Crippen MR) is 112 cm³/mol. The van der Waals surface area contributed by atoms with Gasteiger partial charge in [-0.15, -0.1) is 0 Å². The molecular weight excluding hydrogens is 407 g/mol. The van der Waals surface area contributed by atoms with Gasteiger partial charge in [-0.25, -0.2) is 9.37 Å². The minimum atomic E-state index is -0.683. The molecule has 1 N–H and O–H groups in total. The van der Waals surface area contributed by atoms with Crippen molar-refractivity contribution in [2.75, 3.05) is 5.32 Å². The molecule has 8 heteroatoms. The molecule has 0 saturated heterocycles. The molecule has 0 aliphatic rings. The average Bonchev–Trinajstić information content (AvgIpc) is 3.24. The Morgan fingerprint density at radius 2 is 1.80 bits per heavy atom. The minimum Gasteiger partial charge on any atom is -0.439 e. The molecule has 0 fully saturated rings. The van der Waals surface area contributed by atoms with Gasteiger partial charge in [-0.05, 0) is 55.5 Å². The topological polar surface area (TPSA) is 69.0 Å². The number of anilines is 1. The summed E-state index contributed by atoms with van der Waals surface area (Å²) in [6, 6.07) is 16.2. The van der Waals surface area contributed by atoms with Crippen molar-refractivity contribution < 1.29 is 13.9 Å². The maximum absolute atomic E-state index is 13.9. The lowest BCUT2D eigenvalue weighted by molar-refractivity contribution is 0.102. The quantitative estimate of drug-likeness (QED) is 0.466. The van der Waals surface area contributed by atoms with Gasteiger partial charge in [0.25, 0.3) is 5.91 Å². The number of hydrogen-bond acceptors (Lipinski definition) is 4. The number of ether oxygens (including phenoxy) is 1. The van der Waals surface area contributed by atoms with Crippen molar-refractivity contribution >= 4 is 23.2 Å². The van der Waals surface area contributed by atoms with Crippen LogP contribution in [0.15, 0.2) is 73.1 Å². The Kier molecular flexibility index (Phi) is 5.45. The SMILES string of the molecule is Cc1nc(Oc2ccc(NC(=O)c3c(F)cccc3Cl)cc2)cc(-n2cccc2)n1. The Morgan fingerprint density at radius 3 is 2.50 bits per heavy atom. The second kappa shape index (κ2) is 8.34. The lowest BCUT2D eigenvalue weighted by Crippen LogP contribution is -2.14. The molecule has 0 unspecified atom stereocenters. The molecule has 0 atom stereocenters. The van der Waals surface area contributed by atoms with E-state index in [4.69, 9.17) is 16.3 Å². The molecule has 0 bridgehead atoms. The van der Waals surface area contributed by atoms with E-state index in [0.29, 0.717) is 29.0 Å². The van der Waals surface area contributed by atoms with Crippen molar-refractivity contribution in [1.29, 1.82) is 0 Å². The van der Waals surface area contributed by atoms with E-state index in [2.05, 4.69) is 15.3 Å². The van der Waals surface area contributed by atoms with Crippen molar-refractivity contribution in [2.45, 2.75) is 6.92 Å². The van der Waals surface area contributed by atoms with Crippen molar-refractivity contribution in [1.82, 2.24) is 14.5 Å². The summed E-state index contributed by atoms with van der Waals surface area (Å²) in [7, 11) is 0. The zero-order valence-electron chi connectivity index (χ0n) is 15.8. The number of aryl methyl sites for hydroxylation is 1. The summed E-state index contributed by atoms with van der Waals surface area (Å²) in [5, 5.41) is 2.67. The predicted octanol–water partition coefficient (Wildman–Crippen LogP) is 5.41. The molecule has 0 spiro atoms. The number of rotatable bonds is 5. The number of carbonyl (C=O) groups excluding carboxylic acids is 1. The fraction of sp³-hybridized carbons (Fsp3) is 0.0455. The van der Waals surface area contributed by atoms with Crippen LogP contribution in [0, 0.1) is 12.7 Å². The molecular formula is C22H16ClFN4O2. The van der Waals surface area contributed by atoms with Gasteiger partial charge < -0.3 is 14.6 Å². The van der Waals surface area contributed by atoms with E-state index in [1.165, 1.54) is 18.2 Å². The van der Waals surface area contributed by atoms with Gasteiger partial charge in [-0.1, -0.05) is 17.7 Å². The first-order valence-electron chi connectivity index (χ1n) is 9.02. The van der Waals surface area contributed by atoms with E-state index >= 15 is 0 Å². The molecule has 2 heterocycles. The molecule has 4 aromatic rings. The molecule has 1 amide bonds. The van der Waals surface area contributed by atoms with Crippen LogP contribution in [0.4, 0.5) is 10.1 Å². The number of benzene rings is 2. The molecule has 30 heavy (non-hydrogen) atoms.